The summed E-state index contributed by atoms with van der Waals surface area (Å²) in [5, 5.41) is 12.1. The lowest BCUT2D eigenvalue weighted by Gasteiger charge is -2.22. The maximum Gasteiger partial charge on any atom is 0.157 e. The summed E-state index contributed by atoms with van der Waals surface area (Å²) in [5.41, 5.74) is 7.13. The monoisotopic (exact) mass is 396 g/mol. The van der Waals surface area contributed by atoms with E-state index in [1.54, 1.807) is 12.4 Å². The van der Waals surface area contributed by atoms with Crippen molar-refractivity contribution in [3.63, 3.8) is 0 Å². The fraction of sp³-hybridized carbons (Fsp3) is 0.208. The van der Waals surface area contributed by atoms with Gasteiger partial charge in [0.1, 0.15) is 11.5 Å². The van der Waals surface area contributed by atoms with Crippen LogP contribution in [0.1, 0.15) is 26.5 Å². The lowest BCUT2D eigenvalue weighted by Crippen LogP contribution is -2.27. The van der Waals surface area contributed by atoms with E-state index in [-0.39, 0.29) is 5.54 Å². The summed E-state index contributed by atoms with van der Waals surface area (Å²) in [4.78, 5) is 9.06. The summed E-state index contributed by atoms with van der Waals surface area (Å²) in [6.07, 6.45) is 5.51. The number of nitrogens with zero attached hydrogens (tertiary/aromatic N) is 4. The molecule has 30 heavy (non-hydrogen) atoms. The molecule has 0 saturated heterocycles. The second-order valence-electron chi connectivity index (χ2n) is 8.64. The number of H-pyrrole nitrogens is 1. The van der Waals surface area contributed by atoms with Gasteiger partial charge in [-0.05, 0) is 51.0 Å². The predicted molar refractivity (Wildman–Crippen MR) is 122 cm³/mol. The molecule has 3 heterocycles. The van der Waals surface area contributed by atoms with Crippen LogP contribution in [0.5, 0.6) is 0 Å². The Morgan fingerprint density at radius 3 is 2.47 bits per heavy atom. The van der Waals surface area contributed by atoms with Crippen molar-refractivity contribution in [2.75, 3.05) is 5.32 Å². The summed E-state index contributed by atoms with van der Waals surface area (Å²) in [7, 11) is 0. The Morgan fingerprint density at radius 2 is 1.70 bits per heavy atom. The van der Waals surface area contributed by atoms with Crippen molar-refractivity contribution in [1.82, 2.24) is 24.6 Å². The minimum atomic E-state index is -0.0915. The van der Waals surface area contributed by atoms with Crippen LogP contribution in [-0.4, -0.2) is 30.1 Å². The van der Waals surface area contributed by atoms with Gasteiger partial charge in [0, 0.05) is 28.9 Å². The molecule has 5 rings (SSSR count). The van der Waals surface area contributed by atoms with Gasteiger partial charge < -0.3 is 5.32 Å². The van der Waals surface area contributed by atoms with Gasteiger partial charge in [-0.3, -0.25) is 14.5 Å². The van der Waals surface area contributed by atoms with Gasteiger partial charge >= 0.3 is 0 Å². The fourth-order valence-corrected chi connectivity index (χ4v) is 3.73. The molecule has 3 aromatic heterocycles. The first-order valence-electron chi connectivity index (χ1n) is 10.0. The van der Waals surface area contributed by atoms with Gasteiger partial charge in [-0.15, -0.1) is 0 Å². The zero-order valence-electron chi connectivity index (χ0n) is 17.6. The maximum absolute atomic E-state index is 4.84. The van der Waals surface area contributed by atoms with Gasteiger partial charge in [-0.1, -0.05) is 30.3 Å². The Labute approximate surface area is 175 Å². The average molecular weight is 396 g/mol. The number of nitrogens with one attached hydrogen (secondary N) is 2. The highest BCUT2D eigenvalue weighted by molar-refractivity contribution is 5.87. The molecule has 0 aliphatic heterocycles. The van der Waals surface area contributed by atoms with Crippen LogP contribution < -0.4 is 5.32 Å². The first-order valence-corrected chi connectivity index (χ1v) is 10.0. The molecule has 0 aliphatic rings. The van der Waals surface area contributed by atoms with Gasteiger partial charge in [-0.2, -0.15) is 5.10 Å². The third kappa shape index (κ3) is 3.20. The molecule has 5 aromatic rings. The molecule has 0 aliphatic carbocycles. The molecule has 0 fully saturated rings. The minimum absolute atomic E-state index is 0.0915. The fourth-order valence-electron chi connectivity index (χ4n) is 3.73. The van der Waals surface area contributed by atoms with Crippen LogP contribution in [0.25, 0.3) is 38.9 Å². The number of hydrogen-bond acceptors (Lipinski definition) is 4. The van der Waals surface area contributed by atoms with Crippen LogP contribution in [0, 0.1) is 6.92 Å². The molecular weight excluding hydrogens is 372 g/mol. The van der Waals surface area contributed by atoms with Gasteiger partial charge in [0.2, 0.25) is 0 Å². The molecule has 0 spiro atoms. The maximum atomic E-state index is 4.84. The number of aromatic nitrogens is 5. The van der Waals surface area contributed by atoms with Crippen molar-refractivity contribution in [2.45, 2.75) is 33.2 Å². The van der Waals surface area contributed by atoms with Crippen LogP contribution in [0.2, 0.25) is 0 Å². The van der Waals surface area contributed by atoms with E-state index in [0.717, 1.165) is 44.9 Å². The summed E-state index contributed by atoms with van der Waals surface area (Å²) >= 11 is 0. The summed E-state index contributed by atoms with van der Waals surface area (Å²) < 4.78 is 2.05. The number of benzene rings is 2. The van der Waals surface area contributed by atoms with Crippen LogP contribution in [-0.2, 0) is 0 Å². The molecule has 0 unspecified atom stereocenters. The van der Waals surface area contributed by atoms with Gasteiger partial charge in [0.05, 0.1) is 17.4 Å². The highest BCUT2D eigenvalue weighted by Crippen LogP contribution is 2.32. The van der Waals surface area contributed by atoms with Crippen LogP contribution in [0.4, 0.5) is 5.82 Å². The normalized spacial score (nSPS) is 12.0. The van der Waals surface area contributed by atoms with E-state index in [2.05, 4.69) is 88.1 Å². The Kier molecular flexibility index (Phi) is 4.10. The third-order valence-corrected chi connectivity index (χ3v) is 5.17. The SMILES string of the molecule is Cc1n[nH]c2ccc(-c3ccc(-c4nc5cnccn5c4NC(C)(C)C)cc3)cc12. The average Bonchev–Trinajstić information content (AvgIpc) is 3.28. The van der Waals surface area contributed by atoms with E-state index in [9.17, 15) is 0 Å². The van der Waals surface area contributed by atoms with Gasteiger partial charge in [-0.25, -0.2) is 4.98 Å². The number of fused-ring (bicyclic) bond motifs is 2. The number of imidazole rings is 1. The number of anilines is 1. The second-order valence-corrected chi connectivity index (χ2v) is 8.64. The number of hydrogen-bond donors (Lipinski definition) is 2. The quantitative estimate of drug-likeness (QED) is 0.425. The molecule has 0 amide bonds. The lowest BCUT2D eigenvalue weighted by atomic mass is 10.0. The topological polar surface area (TPSA) is 70.9 Å². The zero-order chi connectivity index (χ0) is 20.9. The van der Waals surface area contributed by atoms with Gasteiger partial charge in [0.25, 0.3) is 0 Å². The Morgan fingerprint density at radius 1 is 0.967 bits per heavy atom. The Hall–Kier alpha value is -3.67. The predicted octanol–water partition coefficient (Wildman–Crippen LogP) is 5.46. The standard InChI is InChI=1S/C24H24N6/c1-15-19-13-18(9-10-20(19)29-28-15)16-5-7-17(8-6-16)22-23(27-24(2,3)4)30-12-11-25-14-21(30)26-22/h5-14,27H,1-4H3,(H,28,29). The number of aromatic amines is 1. The van der Waals surface area contributed by atoms with Crippen LogP contribution >= 0.6 is 0 Å². The smallest absolute Gasteiger partial charge is 0.157 e. The largest absolute Gasteiger partial charge is 0.365 e. The molecule has 6 heteroatoms. The van der Waals surface area contributed by atoms with E-state index in [1.807, 2.05) is 13.1 Å². The third-order valence-electron chi connectivity index (χ3n) is 5.17. The summed E-state index contributed by atoms with van der Waals surface area (Å²) in [6, 6.07) is 14.9. The zero-order valence-corrected chi connectivity index (χ0v) is 17.6. The van der Waals surface area contributed by atoms with E-state index in [1.165, 1.54) is 5.56 Å². The summed E-state index contributed by atoms with van der Waals surface area (Å²) in [5.74, 6) is 0.975. The van der Waals surface area contributed by atoms with Crippen LogP contribution in [0.3, 0.4) is 0 Å². The van der Waals surface area contributed by atoms with E-state index < -0.39 is 0 Å². The van der Waals surface area contributed by atoms with Crippen molar-refractivity contribution >= 4 is 22.4 Å². The van der Waals surface area contributed by atoms with Gasteiger partial charge in [0.15, 0.2) is 5.65 Å². The number of rotatable bonds is 3. The van der Waals surface area contributed by atoms with Crippen molar-refractivity contribution in [2.24, 2.45) is 0 Å². The van der Waals surface area contributed by atoms with Crippen LogP contribution in [0.15, 0.2) is 61.1 Å². The minimum Gasteiger partial charge on any atom is -0.365 e. The van der Waals surface area contributed by atoms with Crippen molar-refractivity contribution in [3.8, 4) is 22.4 Å². The molecule has 0 atom stereocenters. The highest BCUT2D eigenvalue weighted by Gasteiger charge is 2.19. The van der Waals surface area contributed by atoms with E-state index >= 15 is 0 Å². The van der Waals surface area contributed by atoms with Crippen molar-refractivity contribution in [3.05, 3.63) is 66.7 Å². The Balaban J connectivity index is 1.57. The lowest BCUT2D eigenvalue weighted by molar-refractivity contribution is 0.629. The molecule has 2 aromatic carbocycles. The molecule has 150 valence electrons. The summed E-state index contributed by atoms with van der Waals surface area (Å²) in [6.45, 7) is 8.46. The molecular formula is C24H24N6. The van der Waals surface area contributed by atoms with E-state index in [4.69, 9.17) is 4.98 Å². The van der Waals surface area contributed by atoms with Crippen molar-refractivity contribution < 1.29 is 0 Å². The first kappa shape index (κ1) is 18.4. The van der Waals surface area contributed by atoms with E-state index in [0.29, 0.717) is 0 Å². The molecule has 0 saturated carbocycles. The molecule has 0 radical (unpaired) electrons. The van der Waals surface area contributed by atoms with Crippen molar-refractivity contribution in [1.29, 1.82) is 0 Å². The highest BCUT2D eigenvalue weighted by atomic mass is 15.2. The first-order chi connectivity index (χ1) is 14.4. The molecule has 6 nitrogen and oxygen atoms in total. The second kappa shape index (κ2) is 6.69. The Bertz CT molecular complexity index is 1350. The molecule has 0 bridgehead atoms. The molecule has 2 N–H and O–H groups in total. The number of aryl methyl sites for hydroxylation is 1.